The second kappa shape index (κ2) is 5.08. The molecule has 0 bridgehead atoms. The summed E-state index contributed by atoms with van der Waals surface area (Å²) in [7, 11) is 0. The van der Waals surface area contributed by atoms with Gasteiger partial charge in [-0.2, -0.15) is 15.3 Å². The third-order valence-electron chi connectivity index (χ3n) is 4.74. The minimum Gasteiger partial charge on any atom is -0.225 e. The summed E-state index contributed by atoms with van der Waals surface area (Å²) in [4.78, 5) is 0. The molecule has 3 aromatic rings. The summed E-state index contributed by atoms with van der Waals surface area (Å²) in [5.41, 5.74) is 6.49. The Bertz CT molecular complexity index is 693. The lowest BCUT2D eigenvalue weighted by molar-refractivity contribution is 0.140. The van der Waals surface area contributed by atoms with Gasteiger partial charge in [0.15, 0.2) is 0 Å². The van der Waals surface area contributed by atoms with Gasteiger partial charge in [0.25, 0.3) is 0 Å². The fourth-order valence-corrected chi connectivity index (χ4v) is 2.60. The molecule has 6 nitrogen and oxygen atoms in total. The summed E-state index contributed by atoms with van der Waals surface area (Å²) < 4.78 is 5.82. The molecule has 0 saturated carbocycles. The first-order chi connectivity index (χ1) is 10.7. The fraction of sp³-hybridized carbons (Fsp3) is 0.471. The Kier molecular flexibility index (Phi) is 3.43. The highest BCUT2D eigenvalue weighted by molar-refractivity contribution is 5.19. The monoisotopic (exact) mass is 312 g/mol. The standard InChI is InChI=1S/C17H24N6/c1-11-8-21(18-14(11)4)17(7,22-9-12(2)15(5)19-22)23-10-13(3)16(6)20-23/h8-10H,1-7H3. The van der Waals surface area contributed by atoms with Crippen molar-refractivity contribution in [1.29, 1.82) is 0 Å². The molecule has 3 heterocycles. The lowest BCUT2D eigenvalue weighted by Crippen LogP contribution is -2.46. The summed E-state index contributed by atoms with van der Waals surface area (Å²) >= 11 is 0. The zero-order valence-electron chi connectivity index (χ0n) is 14.9. The van der Waals surface area contributed by atoms with Crippen molar-refractivity contribution in [2.75, 3.05) is 0 Å². The van der Waals surface area contributed by atoms with E-state index in [0.29, 0.717) is 0 Å². The Labute approximate surface area is 136 Å². The minimum atomic E-state index is -0.670. The number of hydrogen-bond acceptors (Lipinski definition) is 3. The Morgan fingerprint density at radius 3 is 1.04 bits per heavy atom. The molecule has 6 heteroatoms. The molecule has 0 aliphatic heterocycles. The predicted octanol–water partition coefficient (Wildman–Crippen LogP) is 2.85. The van der Waals surface area contributed by atoms with Gasteiger partial charge in [-0.3, -0.25) is 0 Å². The lowest BCUT2D eigenvalue weighted by Gasteiger charge is -2.31. The van der Waals surface area contributed by atoms with Gasteiger partial charge in [0.1, 0.15) is 0 Å². The maximum atomic E-state index is 4.71. The van der Waals surface area contributed by atoms with Gasteiger partial charge in [-0.15, -0.1) is 0 Å². The van der Waals surface area contributed by atoms with Gasteiger partial charge in [0.2, 0.25) is 5.79 Å². The van der Waals surface area contributed by atoms with E-state index >= 15 is 0 Å². The molecule has 0 aliphatic carbocycles. The van der Waals surface area contributed by atoms with Gasteiger partial charge in [-0.25, -0.2) is 14.0 Å². The topological polar surface area (TPSA) is 53.5 Å². The van der Waals surface area contributed by atoms with E-state index in [4.69, 9.17) is 15.3 Å². The Hall–Kier alpha value is -2.37. The highest BCUT2D eigenvalue weighted by Crippen LogP contribution is 2.24. The molecular weight excluding hydrogens is 288 g/mol. The smallest absolute Gasteiger partial charge is 0.225 e. The van der Waals surface area contributed by atoms with Crippen LogP contribution in [0.15, 0.2) is 18.6 Å². The van der Waals surface area contributed by atoms with Gasteiger partial charge in [-0.1, -0.05) is 0 Å². The molecule has 0 unspecified atom stereocenters. The van der Waals surface area contributed by atoms with E-state index in [1.54, 1.807) is 0 Å². The quantitative estimate of drug-likeness (QED) is 0.747. The largest absolute Gasteiger partial charge is 0.245 e. The molecule has 0 aliphatic rings. The summed E-state index contributed by atoms with van der Waals surface area (Å²) in [6.45, 7) is 14.3. The Morgan fingerprint density at radius 1 is 0.609 bits per heavy atom. The van der Waals surface area contributed by atoms with Crippen LogP contribution in [0.3, 0.4) is 0 Å². The van der Waals surface area contributed by atoms with Crippen LogP contribution in [0.1, 0.15) is 40.7 Å². The van der Waals surface area contributed by atoms with E-state index in [2.05, 4.69) is 27.7 Å². The Morgan fingerprint density at radius 2 is 0.870 bits per heavy atom. The van der Waals surface area contributed by atoms with Crippen LogP contribution >= 0.6 is 0 Å². The first-order valence-electron chi connectivity index (χ1n) is 7.83. The fourth-order valence-electron chi connectivity index (χ4n) is 2.60. The van der Waals surface area contributed by atoms with Crippen molar-refractivity contribution in [2.24, 2.45) is 0 Å². The first kappa shape index (κ1) is 15.5. The average Bonchev–Trinajstić information content (AvgIpc) is 3.11. The van der Waals surface area contributed by atoms with Crippen molar-refractivity contribution in [3.63, 3.8) is 0 Å². The molecule has 3 rings (SSSR count). The van der Waals surface area contributed by atoms with Gasteiger partial charge in [0, 0.05) is 25.5 Å². The van der Waals surface area contributed by atoms with E-state index in [-0.39, 0.29) is 0 Å². The van der Waals surface area contributed by atoms with Crippen LogP contribution in [0.25, 0.3) is 0 Å². The van der Waals surface area contributed by atoms with Crippen LogP contribution in [0, 0.1) is 41.5 Å². The third kappa shape index (κ3) is 2.29. The maximum absolute atomic E-state index is 4.71. The third-order valence-corrected chi connectivity index (χ3v) is 4.74. The molecule has 0 aromatic carbocycles. The molecule has 0 fully saturated rings. The van der Waals surface area contributed by atoms with Crippen LogP contribution in [0.2, 0.25) is 0 Å². The van der Waals surface area contributed by atoms with Gasteiger partial charge in [0.05, 0.1) is 17.1 Å². The summed E-state index contributed by atoms with van der Waals surface area (Å²) in [5.74, 6) is -0.670. The Balaban J connectivity index is 2.28. The van der Waals surface area contributed by atoms with Crippen molar-refractivity contribution in [3.8, 4) is 0 Å². The zero-order valence-corrected chi connectivity index (χ0v) is 14.9. The van der Waals surface area contributed by atoms with Crippen molar-refractivity contribution in [3.05, 3.63) is 52.4 Å². The number of nitrogens with zero attached hydrogens (tertiary/aromatic N) is 6. The second-order valence-electron chi connectivity index (χ2n) is 6.50. The molecule has 3 aromatic heterocycles. The van der Waals surface area contributed by atoms with E-state index in [1.165, 1.54) is 0 Å². The summed E-state index contributed by atoms with van der Waals surface area (Å²) in [6, 6.07) is 0. The second-order valence-corrected chi connectivity index (χ2v) is 6.50. The molecule has 0 N–H and O–H groups in total. The van der Waals surface area contributed by atoms with Crippen LogP contribution in [0.5, 0.6) is 0 Å². The molecule has 23 heavy (non-hydrogen) atoms. The van der Waals surface area contributed by atoms with E-state index < -0.39 is 5.79 Å². The van der Waals surface area contributed by atoms with Gasteiger partial charge < -0.3 is 0 Å². The number of hydrogen-bond donors (Lipinski definition) is 0. The summed E-state index contributed by atoms with van der Waals surface area (Å²) in [5, 5.41) is 14.1. The van der Waals surface area contributed by atoms with E-state index in [0.717, 1.165) is 33.8 Å². The maximum Gasteiger partial charge on any atom is 0.245 e. The van der Waals surface area contributed by atoms with E-state index in [9.17, 15) is 0 Å². The summed E-state index contributed by atoms with van der Waals surface area (Å²) in [6.07, 6.45) is 6.15. The molecule has 0 atom stereocenters. The number of aryl methyl sites for hydroxylation is 6. The van der Waals surface area contributed by atoms with E-state index in [1.807, 2.05) is 53.4 Å². The SMILES string of the molecule is Cc1cn(C(C)(n2cc(C)c(C)n2)n2cc(C)c(C)n2)nc1C. The van der Waals surface area contributed by atoms with Crippen LogP contribution in [-0.2, 0) is 5.79 Å². The van der Waals surface area contributed by atoms with Crippen molar-refractivity contribution in [2.45, 2.75) is 54.3 Å². The van der Waals surface area contributed by atoms with Crippen molar-refractivity contribution in [1.82, 2.24) is 29.3 Å². The molecular formula is C17H24N6. The zero-order chi connectivity index (χ0) is 16.9. The highest BCUT2D eigenvalue weighted by Gasteiger charge is 2.34. The number of rotatable bonds is 3. The molecule has 0 radical (unpaired) electrons. The van der Waals surface area contributed by atoms with Crippen LogP contribution in [0.4, 0.5) is 0 Å². The molecule has 0 amide bonds. The molecule has 122 valence electrons. The van der Waals surface area contributed by atoms with Gasteiger partial charge >= 0.3 is 0 Å². The molecule has 0 spiro atoms. The molecule has 0 saturated heterocycles. The minimum absolute atomic E-state index is 0.670. The van der Waals surface area contributed by atoms with Gasteiger partial charge in [-0.05, 0) is 58.2 Å². The predicted molar refractivity (Wildman–Crippen MR) is 89.5 cm³/mol. The first-order valence-corrected chi connectivity index (χ1v) is 7.83. The number of aromatic nitrogens is 6. The van der Waals surface area contributed by atoms with Crippen molar-refractivity contribution >= 4 is 0 Å². The van der Waals surface area contributed by atoms with Crippen LogP contribution in [-0.4, -0.2) is 29.3 Å². The highest BCUT2D eigenvalue weighted by atomic mass is 15.6. The lowest BCUT2D eigenvalue weighted by atomic mass is 10.3. The average molecular weight is 312 g/mol. The van der Waals surface area contributed by atoms with Crippen LogP contribution < -0.4 is 0 Å². The van der Waals surface area contributed by atoms with Crippen molar-refractivity contribution < 1.29 is 0 Å². The normalized spacial score (nSPS) is 12.1.